The van der Waals surface area contributed by atoms with Gasteiger partial charge in [0.2, 0.25) is 0 Å². The van der Waals surface area contributed by atoms with E-state index < -0.39 is 0 Å². The Hall–Kier alpha value is 0.170. The van der Waals surface area contributed by atoms with E-state index in [1.807, 2.05) is 12.1 Å². The van der Waals surface area contributed by atoms with Gasteiger partial charge < -0.3 is 5.32 Å². The van der Waals surface area contributed by atoms with Crippen molar-refractivity contribution >= 4 is 35.1 Å². The van der Waals surface area contributed by atoms with Crippen LogP contribution in [0.25, 0.3) is 0 Å². The normalized spacial score (nSPS) is 29.2. The molecular weight excluding hydrogens is 294 g/mol. The molecule has 1 N–H and O–H groups in total. The highest BCUT2D eigenvalue weighted by Gasteiger charge is 2.30. The van der Waals surface area contributed by atoms with Gasteiger partial charge in [0, 0.05) is 32.6 Å². The van der Waals surface area contributed by atoms with E-state index in [-0.39, 0.29) is 0 Å². The van der Waals surface area contributed by atoms with E-state index in [0.29, 0.717) is 11.3 Å². The lowest BCUT2D eigenvalue weighted by atomic mass is 10.0. The summed E-state index contributed by atoms with van der Waals surface area (Å²) in [5.41, 5.74) is 1.25. The first-order valence-corrected chi connectivity index (χ1v) is 9.16. The topological polar surface area (TPSA) is 12.0 Å². The molecule has 4 atom stereocenters. The van der Waals surface area contributed by atoms with Gasteiger partial charge in [-0.05, 0) is 25.1 Å². The predicted octanol–water partition coefficient (Wildman–Crippen LogP) is 4.10. The van der Waals surface area contributed by atoms with Crippen LogP contribution in [-0.2, 0) is 6.42 Å². The quantitative estimate of drug-likeness (QED) is 0.898. The third-order valence-corrected chi connectivity index (χ3v) is 7.71. The number of likely N-dealkylation sites (N-methyl/N-ethyl adjacent to an activating group) is 1. The molecule has 4 heteroatoms. The van der Waals surface area contributed by atoms with Crippen LogP contribution in [0.4, 0.5) is 0 Å². The van der Waals surface area contributed by atoms with Crippen LogP contribution in [0.15, 0.2) is 24.3 Å². The summed E-state index contributed by atoms with van der Waals surface area (Å²) in [4.78, 5) is 0. The van der Waals surface area contributed by atoms with Crippen molar-refractivity contribution in [1.82, 2.24) is 5.32 Å². The Bertz CT molecular complexity index is 413. The van der Waals surface area contributed by atoms with Gasteiger partial charge in [0.1, 0.15) is 0 Å². The molecule has 1 saturated heterocycles. The minimum atomic E-state index is 0.493. The first-order chi connectivity index (χ1) is 9.11. The lowest BCUT2D eigenvalue weighted by Gasteiger charge is -2.36. The van der Waals surface area contributed by atoms with E-state index >= 15 is 0 Å². The Labute approximate surface area is 130 Å². The van der Waals surface area contributed by atoms with Gasteiger partial charge in [-0.15, -0.1) is 0 Å². The van der Waals surface area contributed by atoms with Gasteiger partial charge >= 0.3 is 0 Å². The fourth-order valence-electron chi connectivity index (χ4n) is 2.34. The molecule has 1 aromatic rings. The molecule has 0 aliphatic carbocycles. The zero-order valence-electron chi connectivity index (χ0n) is 11.7. The van der Waals surface area contributed by atoms with Crippen LogP contribution in [0.2, 0.25) is 5.02 Å². The number of benzene rings is 1. The van der Waals surface area contributed by atoms with Gasteiger partial charge in [-0.25, -0.2) is 0 Å². The molecule has 19 heavy (non-hydrogen) atoms. The summed E-state index contributed by atoms with van der Waals surface area (Å²) in [7, 11) is 2.06. The molecule has 0 aromatic heterocycles. The van der Waals surface area contributed by atoms with Crippen LogP contribution in [0.3, 0.4) is 0 Å². The molecule has 106 valence electrons. The second-order valence-electron chi connectivity index (χ2n) is 5.11. The highest BCUT2D eigenvalue weighted by molar-refractivity contribution is 8.07. The van der Waals surface area contributed by atoms with Crippen LogP contribution in [0, 0.1) is 0 Å². The van der Waals surface area contributed by atoms with Gasteiger partial charge in [0.15, 0.2) is 0 Å². The Kier molecular flexibility index (Phi) is 5.94. The summed E-state index contributed by atoms with van der Waals surface area (Å²) >= 11 is 10.5. The summed E-state index contributed by atoms with van der Waals surface area (Å²) in [6.45, 7) is 4.68. The number of halogens is 1. The van der Waals surface area contributed by atoms with E-state index in [4.69, 9.17) is 11.6 Å². The first kappa shape index (κ1) is 15.6. The van der Waals surface area contributed by atoms with Crippen molar-refractivity contribution in [1.29, 1.82) is 0 Å². The van der Waals surface area contributed by atoms with Crippen molar-refractivity contribution in [3.8, 4) is 0 Å². The van der Waals surface area contributed by atoms with Gasteiger partial charge in [-0.3, -0.25) is 0 Å². The molecule has 0 bridgehead atoms. The number of hydrogen-bond donors (Lipinski definition) is 1. The molecule has 0 amide bonds. The SMILES string of the molecule is CNC(Cc1ccccc1Cl)C1CSC(C)C(C)S1. The lowest BCUT2D eigenvalue weighted by Crippen LogP contribution is -2.43. The Balaban J connectivity index is 2.02. The molecule has 1 aromatic carbocycles. The zero-order chi connectivity index (χ0) is 13.8. The molecular formula is C15H22ClNS2. The third-order valence-electron chi connectivity index (χ3n) is 3.79. The zero-order valence-corrected chi connectivity index (χ0v) is 14.1. The van der Waals surface area contributed by atoms with Gasteiger partial charge in [-0.2, -0.15) is 23.5 Å². The molecule has 1 fully saturated rings. The van der Waals surface area contributed by atoms with E-state index in [9.17, 15) is 0 Å². The third kappa shape index (κ3) is 4.07. The second kappa shape index (κ2) is 7.26. The lowest BCUT2D eigenvalue weighted by molar-refractivity contribution is 0.554. The fraction of sp³-hybridized carbons (Fsp3) is 0.600. The Morgan fingerprint density at radius 1 is 1.32 bits per heavy atom. The monoisotopic (exact) mass is 315 g/mol. The number of hydrogen-bond acceptors (Lipinski definition) is 3. The number of rotatable bonds is 4. The van der Waals surface area contributed by atoms with E-state index in [1.165, 1.54) is 11.3 Å². The maximum Gasteiger partial charge on any atom is 0.0438 e. The highest BCUT2D eigenvalue weighted by Crippen LogP contribution is 2.37. The van der Waals surface area contributed by atoms with Crippen molar-refractivity contribution in [2.24, 2.45) is 0 Å². The minimum Gasteiger partial charge on any atom is -0.316 e. The molecule has 4 unspecified atom stereocenters. The van der Waals surface area contributed by atoms with Gasteiger partial charge in [0.25, 0.3) is 0 Å². The molecule has 2 rings (SSSR count). The van der Waals surface area contributed by atoms with E-state index in [0.717, 1.165) is 21.9 Å². The smallest absolute Gasteiger partial charge is 0.0438 e. The summed E-state index contributed by atoms with van der Waals surface area (Å²) in [6, 6.07) is 8.68. The van der Waals surface area contributed by atoms with Crippen molar-refractivity contribution < 1.29 is 0 Å². The summed E-state index contributed by atoms with van der Waals surface area (Å²) < 4.78 is 0. The van der Waals surface area contributed by atoms with Crippen LogP contribution in [0.5, 0.6) is 0 Å². The maximum absolute atomic E-state index is 6.28. The van der Waals surface area contributed by atoms with Crippen LogP contribution >= 0.6 is 35.1 Å². The number of nitrogens with one attached hydrogen (secondary N) is 1. The van der Waals surface area contributed by atoms with Crippen molar-refractivity contribution in [3.63, 3.8) is 0 Å². The summed E-state index contributed by atoms with van der Waals surface area (Å²) in [6.07, 6.45) is 1.01. The van der Waals surface area contributed by atoms with Gasteiger partial charge in [-0.1, -0.05) is 43.6 Å². The minimum absolute atomic E-state index is 0.493. The van der Waals surface area contributed by atoms with Crippen LogP contribution < -0.4 is 5.32 Å². The van der Waals surface area contributed by atoms with Gasteiger partial charge in [0.05, 0.1) is 0 Å². The Morgan fingerprint density at radius 2 is 2.05 bits per heavy atom. The molecule has 1 aliphatic rings. The van der Waals surface area contributed by atoms with Crippen LogP contribution in [0.1, 0.15) is 19.4 Å². The van der Waals surface area contributed by atoms with Crippen molar-refractivity contribution in [2.75, 3.05) is 12.8 Å². The van der Waals surface area contributed by atoms with Crippen molar-refractivity contribution in [2.45, 2.75) is 42.1 Å². The Morgan fingerprint density at radius 3 is 2.68 bits per heavy atom. The molecule has 0 spiro atoms. The maximum atomic E-state index is 6.28. The molecule has 1 heterocycles. The van der Waals surface area contributed by atoms with E-state index in [2.05, 4.69) is 61.9 Å². The number of thioether (sulfide) groups is 2. The first-order valence-electron chi connectivity index (χ1n) is 6.79. The molecule has 1 nitrogen and oxygen atoms in total. The standard InChI is InChI=1S/C15H22ClNS2/c1-10-11(2)19-15(9-18-10)14(17-3)8-12-6-4-5-7-13(12)16/h4-7,10-11,14-15,17H,8-9H2,1-3H3. The van der Waals surface area contributed by atoms with Crippen molar-refractivity contribution in [3.05, 3.63) is 34.9 Å². The largest absolute Gasteiger partial charge is 0.316 e. The second-order valence-corrected chi connectivity index (χ2v) is 8.55. The summed E-state index contributed by atoms with van der Waals surface area (Å²) in [5, 5.41) is 6.53. The fourth-order valence-corrected chi connectivity index (χ4v) is 5.72. The average molecular weight is 316 g/mol. The molecule has 0 saturated carbocycles. The highest BCUT2D eigenvalue weighted by atomic mass is 35.5. The summed E-state index contributed by atoms with van der Waals surface area (Å²) in [5.74, 6) is 1.23. The van der Waals surface area contributed by atoms with Crippen LogP contribution in [-0.4, -0.2) is 34.6 Å². The van der Waals surface area contributed by atoms with E-state index in [1.54, 1.807) is 0 Å². The predicted molar refractivity (Wildman–Crippen MR) is 90.8 cm³/mol. The molecule has 0 radical (unpaired) electrons. The molecule has 1 aliphatic heterocycles. The average Bonchev–Trinajstić information content (AvgIpc) is 2.41.